The van der Waals surface area contributed by atoms with E-state index in [0.717, 1.165) is 10.5 Å². The van der Waals surface area contributed by atoms with Crippen molar-refractivity contribution in [3.05, 3.63) is 53.6 Å². The first-order valence-corrected chi connectivity index (χ1v) is 7.30. The molecule has 0 fully saturated rings. The van der Waals surface area contributed by atoms with E-state index in [4.69, 9.17) is 11.6 Å². The number of aromatic nitrogens is 1. The number of rotatable bonds is 2. The van der Waals surface area contributed by atoms with Gasteiger partial charge < -0.3 is 4.98 Å². The first-order chi connectivity index (χ1) is 8.79. The van der Waals surface area contributed by atoms with Crippen molar-refractivity contribution in [2.45, 2.75) is 5.03 Å². The molecule has 18 heavy (non-hydrogen) atoms. The van der Waals surface area contributed by atoms with E-state index in [1.807, 2.05) is 24.3 Å². The quantitative estimate of drug-likeness (QED) is 0.634. The van der Waals surface area contributed by atoms with Gasteiger partial charge in [0.05, 0.1) is 5.03 Å². The largest absolute Gasteiger partial charge is 0.349 e. The average Bonchev–Trinajstić information content (AvgIpc) is 2.77. The van der Waals surface area contributed by atoms with Crippen LogP contribution in [0.3, 0.4) is 0 Å². The fraction of sp³-hybridized carbons (Fsp3) is 0.0667. The van der Waals surface area contributed by atoms with Crippen molar-refractivity contribution in [3.8, 4) is 11.1 Å². The van der Waals surface area contributed by atoms with Gasteiger partial charge in [0.25, 0.3) is 0 Å². The lowest BCUT2D eigenvalue weighted by atomic mass is 10.1. The van der Waals surface area contributed by atoms with Crippen LogP contribution < -0.4 is 0 Å². The highest BCUT2D eigenvalue weighted by Crippen LogP contribution is 2.37. The van der Waals surface area contributed by atoms with Gasteiger partial charge in [-0.1, -0.05) is 41.9 Å². The molecule has 1 heterocycles. The van der Waals surface area contributed by atoms with Gasteiger partial charge in [-0.25, -0.2) is 0 Å². The molecule has 0 aliphatic rings. The molecule has 0 unspecified atom stereocenters. The summed E-state index contributed by atoms with van der Waals surface area (Å²) in [5, 5.41) is 3.13. The van der Waals surface area contributed by atoms with Crippen molar-refractivity contribution in [1.29, 1.82) is 0 Å². The Balaban J connectivity index is 2.35. The zero-order valence-electron chi connectivity index (χ0n) is 9.91. The molecule has 1 nitrogen and oxygen atoms in total. The number of benzene rings is 2. The van der Waals surface area contributed by atoms with E-state index in [1.54, 1.807) is 11.8 Å². The molecule has 0 spiro atoms. The van der Waals surface area contributed by atoms with Gasteiger partial charge in [-0.2, -0.15) is 0 Å². The summed E-state index contributed by atoms with van der Waals surface area (Å²) in [5.74, 6) is 0. The molecule has 0 atom stereocenters. The van der Waals surface area contributed by atoms with E-state index in [2.05, 4.69) is 35.5 Å². The highest BCUT2D eigenvalue weighted by molar-refractivity contribution is 7.98. The van der Waals surface area contributed by atoms with Crippen LogP contribution in [-0.4, -0.2) is 11.2 Å². The topological polar surface area (TPSA) is 15.8 Å². The summed E-state index contributed by atoms with van der Waals surface area (Å²) in [7, 11) is 0. The second-order valence-corrected chi connectivity index (χ2v) is 5.34. The van der Waals surface area contributed by atoms with Crippen LogP contribution in [0.5, 0.6) is 0 Å². The molecular formula is C15H12ClNS. The third kappa shape index (κ3) is 1.92. The maximum absolute atomic E-state index is 6.11. The minimum absolute atomic E-state index is 0.770. The number of hydrogen-bond donors (Lipinski definition) is 1. The highest BCUT2D eigenvalue weighted by Gasteiger charge is 2.12. The lowest BCUT2D eigenvalue weighted by molar-refractivity contribution is 1.25. The van der Waals surface area contributed by atoms with Crippen molar-refractivity contribution < 1.29 is 0 Å². The summed E-state index contributed by atoms with van der Waals surface area (Å²) in [5.41, 5.74) is 3.58. The fourth-order valence-corrected chi connectivity index (χ4v) is 3.00. The van der Waals surface area contributed by atoms with E-state index < -0.39 is 0 Å². The minimum Gasteiger partial charge on any atom is -0.349 e. The van der Waals surface area contributed by atoms with Crippen molar-refractivity contribution in [2.75, 3.05) is 6.26 Å². The van der Waals surface area contributed by atoms with Crippen LogP contribution in [0.1, 0.15) is 0 Å². The summed E-state index contributed by atoms with van der Waals surface area (Å²) in [6.07, 6.45) is 2.08. The maximum atomic E-state index is 6.11. The van der Waals surface area contributed by atoms with Gasteiger partial charge in [-0.05, 0) is 30.0 Å². The van der Waals surface area contributed by atoms with Crippen molar-refractivity contribution in [3.63, 3.8) is 0 Å². The highest BCUT2D eigenvalue weighted by atomic mass is 35.5. The maximum Gasteiger partial charge on any atom is 0.0809 e. The van der Waals surface area contributed by atoms with Crippen LogP contribution in [0.25, 0.3) is 22.0 Å². The zero-order valence-corrected chi connectivity index (χ0v) is 11.5. The Hall–Kier alpha value is -1.38. The molecule has 90 valence electrons. The molecule has 0 bridgehead atoms. The lowest BCUT2D eigenvalue weighted by Crippen LogP contribution is -1.77. The van der Waals surface area contributed by atoms with E-state index in [9.17, 15) is 0 Å². The molecule has 0 radical (unpaired) electrons. The summed E-state index contributed by atoms with van der Waals surface area (Å²) in [6, 6.07) is 16.4. The van der Waals surface area contributed by atoms with E-state index in [-0.39, 0.29) is 0 Å². The normalized spacial score (nSPS) is 11.0. The lowest BCUT2D eigenvalue weighted by Gasteiger charge is -2.02. The molecule has 0 aliphatic carbocycles. The smallest absolute Gasteiger partial charge is 0.0809 e. The Bertz CT molecular complexity index is 688. The Morgan fingerprint density at radius 2 is 1.83 bits per heavy atom. The molecule has 3 heteroatoms. The van der Waals surface area contributed by atoms with Crippen LogP contribution in [0.2, 0.25) is 5.02 Å². The van der Waals surface area contributed by atoms with Gasteiger partial charge in [0, 0.05) is 21.5 Å². The molecule has 1 aromatic heterocycles. The SMILES string of the molecule is CSc1[nH]c2ccc(Cl)cc2c1-c1ccccc1. The van der Waals surface area contributed by atoms with Gasteiger partial charge in [-0.3, -0.25) is 0 Å². The van der Waals surface area contributed by atoms with Gasteiger partial charge in [0.2, 0.25) is 0 Å². The van der Waals surface area contributed by atoms with Crippen LogP contribution in [0.15, 0.2) is 53.6 Å². The number of aromatic amines is 1. The molecule has 1 N–H and O–H groups in total. The molecule has 3 rings (SSSR count). The molecule has 0 amide bonds. The Kier molecular flexibility index (Phi) is 3.06. The van der Waals surface area contributed by atoms with Crippen LogP contribution in [0.4, 0.5) is 0 Å². The Morgan fingerprint density at radius 3 is 2.56 bits per heavy atom. The van der Waals surface area contributed by atoms with Gasteiger partial charge in [0.1, 0.15) is 0 Å². The van der Waals surface area contributed by atoms with E-state index in [1.165, 1.54) is 21.5 Å². The van der Waals surface area contributed by atoms with E-state index in [0.29, 0.717) is 0 Å². The van der Waals surface area contributed by atoms with Gasteiger partial charge in [-0.15, -0.1) is 11.8 Å². The Morgan fingerprint density at radius 1 is 1.06 bits per heavy atom. The van der Waals surface area contributed by atoms with Crippen molar-refractivity contribution >= 4 is 34.3 Å². The molecule has 0 saturated heterocycles. The Labute approximate surface area is 115 Å². The zero-order chi connectivity index (χ0) is 12.5. The number of H-pyrrole nitrogens is 1. The van der Waals surface area contributed by atoms with E-state index >= 15 is 0 Å². The second kappa shape index (κ2) is 4.71. The molecule has 2 aromatic carbocycles. The minimum atomic E-state index is 0.770. The number of halogens is 1. The van der Waals surface area contributed by atoms with Crippen molar-refractivity contribution in [2.24, 2.45) is 0 Å². The number of nitrogens with one attached hydrogen (secondary N) is 1. The third-order valence-electron chi connectivity index (χ3n) is 2.99. The first-order valence-electron chi connectivity index (χ1n) is 5.70. The van der Waals surface area contributed by atoms with Crippen LogP contribution >= 0.6 is 23.4 Å². The van der Waals surface area contributed by atoms with Crippen LogP contribution in [-0.2, 0) is 0 Å². The predicted molar refractivity (Wildman–Crippen MR) is 80.5 cm³/mol. The predicted octanol–water partition coefficient (Wildman–Crippen LogP) is 5.21. The summed E-state index contributed by atoms with van der Waals surface area (Å²) < 4.78 is 0. The van der Waals surface area contributed by atoms with Gasteiger partial charge >= 0.3 is 0 Å². The number of hydrogen-bond acceptors (Lipinski definition) is 1. The average molecular weight is 274 g/mol. The number of thioether (sulfide) groups is 1. The summed E-state index contributed by atoms with van der Waals surface area (Å²) >= 11 is 7.83. The van der Waals surface area contributed by atoms with Crippen LogP contribution in [0, 0.1) is 0 Å². The third-order valence-corrected chi connectivity index (χ3v) is 3.94. The second-order valence-electron chi connectivity index (χ2n) is 4.09. The summed E-state index contributed by atoms with van der Waals surface area (Å²) in [4.78, 5) is 3.44. The molecule has 0 saturated carbocycles. The molecular weight excluding hydrogens is 262 g/mol. The molecule has 3 aromatic rings. The molecule has 0 aliphatic heterocycles. The monoisotopic (exact) mass is 273 g/mol. The standard InChI is InChI=1S/C15H12ClNS/c1-18-15-14(10-5-3-2-4-6-10)12-9-11(16)7-8-13(12)17-15/h2-9,17H,1H3. The number of fused-ring (bicyclic) bond motifs is 1. The van der Waals surface area contributed by atoms with Gasteiger partial charge in [0.15, 0.2) is 0 Å². The summed E-state index contributed by atoms with van der Waals surface area (Å²) in [6.45, 7) is 0. The fourth-order valence-electron chi connectivity index (χ4n) is 2.18. The van der Waals surface area contributed by atoms with Crippen molar-refractivity contribution in [1.82, 2.24) is 4.98 Å². The first kappa shape index (κ1) is 11.7.